The summed E-state index contributed by atoms with van der Waals surface area (Å²) in [5.41, 5.74) is 2.01. The van der Waals surface area contributed by atoms with E-state index in [1.165, 1.54) is 0 Å². The highest BCUT2D eigenvalue weighted by Crippen LogP contribution is 2.24. The number of anilines is 1. The van der Waals surface area contributed by atoms with Crippen molar-refractivity contribution in [2.45, 2.75) is 32.6 Å². The van der Waals surface area contributed by atoms with Crippen LogP contribution in [0.4, 0.5) is 5.69 Å². The molecule has 0 aromatic heterocycles. The molecule has 1 aromatic carbocycles. The predicted molar refractivity (Wildman–Crippen MR) is 83.7 cm³/mol. The lowest BCUT2D eigenvalue weighted by molar-refractivity contribution is -0.112. The molecule has 1 aromatic rings. The van der Waals surface area contributed by atoms with Crippen molar-refractivity contribution in [2.24, 2.45) is 0 Å². The molecule has 1 aliphatic rings. The van der Waals surface area contributed by atoms with E-state index in [9.17, 15) is 10.1 Å². The number of para-hydroxylation sites is 1. The Kier molecular flexibility index (Phi) is 4.99. The van der Waals surface area contributed by atoms with Crippen molar-refractivity contribution < 1.29 is 4.79 Å². The SMILES string of the molecule is CC(C)c1ccccc1NC(=O)/C(C#N)=C\N1CCCC1. The van der Waals surface area contributed by atoms with Crippen LogP contribution in [0, 0.1) is 11.3 Å². The van der Waals surface area contributed by atoms with E-state index in [4.69, 9.17) is 0 Å². The van der Waals surface area contributed by atoms with Crippen LogP contribution in [0.1, 0.15) is 38.2 Å². The third-order valence-electron chi connectivity index (χ3n) is 3.65. The number of likely N-dealkylation sites (tertiary alicyclic amines) is 1. The van der Waals surface area contributed by atoms with Gasteiger partial charge < -0.3 is 10.2 Å². The number of nitriles is 1. The van der Waals surface area contributed by atoms with Crippen LogP contribution in [0.5, 0.6) is 0 Å². The summed E-state index contributed by atoms with van der Waals surface area (Å²) in [5, 5.41) is 12.1. The smallest absolute Gasteiger partial charge is 0.267 e. The average molecular weight is 283 g/mol. The summed E-state index contributed by atoms with van der Waals surface area (Å²) in [5.74, 6) is -0.0212. The fourth-order valence-electron chi connectivity index (χ4n) is 2.50. The lowest BCUT2D eigenvalue weighted by Crippen LogP contribution is -2.19. The van der Waals surface area contributed by atoms with E-state index in [0.29, 0.717) is 5.92 Å². The van der Waals surface area contributed by atoms with Gasteiger partial charge in [-0.05, 0) is 30.4 Å². The van der Waals surface area contributed by atoms with Crippen LogP contribution < -0.4 is 5.32 Å². The van der Waals surface area contributed by atoms with Gasteiger partial charge >= 0.3 is 0 Å². The zero-order chi connectivity index (χ0) is 15.2. The minimum Gasteiger partial charge on any atom is -0.376 e. The topological polar surface area (TPSA) is 56.1 Å². The van der Waals surface area contributed by atoms with Crippen molar-refractivity contribution >= 4 is 11.6 Å². The molecular formula is C17H21N3O. The second kappa shape index (κ2) is 6.94. The molecule has 1 amide bonds. The number of hydrogen-bond donors (Lipinski definition) is 1. The van der Waals surface area contributed by atoms with Gasteiger partial charge in [0, 0.05) is 25.0 Å². The van der Waals surface area contributed by atoms with Crippen molar-refractivity contribution in [3.8, 4) is 6.07 Å². The van der Waals surface area contributed by atoms with Gasteiger partial charge in [-0.1, -0.05) is 32.0 Å². The van der Waals surface area contributed by atoms with Gasteiger partial charge in [-0.15, -0.1) is 0 Å². The minimum atomic E-state index is -0.336. The first-order valence-corrected chi connectivity index (χ1v) is 7.38. The molecule has 4 heteroatoms. The predicted octanol–water partition coefficient (Wildman–Crippen LogP) is 3.25. The third-order valence-corrected chi connectivity index (χ3v) is 3.65. The van der Waals surface area contributed by atoms with Gasteiger partial charge in [-0.3, -0.25) is 4.79 Å². The second-order valence-corrected chi connectivity index (χ2v) is 5.59. The van der Waals surface area contributed by atoms with Crippen molar-refractivity contribution in [3.63, 3.8) is 0 Å². The summed E-state index contributed by atoms with van der Waals surface area (Å²) < 4.78 is 0. The Balaban J connectivity index is 2.15. The zero-order valence-corrected chi connectivity index (χ0v) is 12.6. The maximum atomic E-state index is 12.3. The Bertz CT molecular complexity index is 578. The Labute approximate surface area is 126 Å². The quantitative estimate of drug-likeness (QED) is 0.681. The van der Waals surface area contributed by atoms with Crippen LogP contribution in [-0.4, -0.2) is 23.9 Å². The lowest BCUT2D eigenvalue weighted by atomic mass is 10.0. The summed E-state index contributed by atoms with van der Waals surface area (Å²) in [6, 6.07) is 9.72. The van der Waals surface area contributed by atoms with E-state index in [2.05, 4.69) is 19.2 Å². The zero-order valence-electron chi connectivity index (χ0n) is 12.6. The fourth-order valence-corrected chi connectivity index (χ4v) is 2.50. The normalized spacial score (nSPS) is 15.1. The molecule has 4 nitrogen and oxygen atoms in total. The molecule has 0 atom stereocenters. The van der Waals surface area contributed by atoms with Crippen LogP contribution in [-0.2, 0) is 4.79 Å². The average Bonchev–Trinajstić information content (AvgIpc) is 2.98. The van der Waals surface area contributed by atoms with E-state index >= 15 is 0 Å². The number of carbonyl (C=O) groups excluding carboxylic acids is 1. The monoisotopic (exact) mass is 283 g/mol. The van der Waals surface area contributed by atoms with E-state index in [-0.39, 0.29) is 11.5 Å². The van der Waals surface area contributed by atoms with E-state index in [1.807, 2.05) is 35.2 Å². The molecule has 0 unspecified atom stereocenters. The van der Waals surface area contributed by atoms with Crippen LogP contribution in [0.15, 0.2) is 36.0 Å². The maximum absolute atomic E-state index is 12.3. The summed E-state index contributed by atoms with van der Waals surface area (Å²) in [6.45, 7) is 5.99. The fraction of sp³-hybridized carbons (Fsp3) is 0.412. The summed E-state index contributed by atoms with van der Waals surface area (Å²) in [6.07, 6.45) is 3.92. The van der Waals surface area contributed by atoms with Crippen LogP contribution in [0.2, 0.25) is 0 Å². The molecule has 1 N–H and O–H groups in total. The molecule has 1 fully saturated rings. The molecule has 1 aliphatic heterocycles. The van der Waals surface area contributed by atoms with E-state index < -0.39 is 0 Å². The molecule has 2 rings (SSSR count). The molecule has 21 heavy (non-hydrogen) atoms. The maximum Gasteiger partial charge on any atom is 0.267 e. The number of benzene rings is 1. The van der Waals surface area contributed by atoms with Crippen LogP contribution in [0.25, 0.3) is 0 Å². The number of nitrogens with zero attached hydrogens (tertiary/aromatic N) is 2. The van der Waals surface area contributed by atoms with Crippen molar-refractivity contribution in [1.82, 2.24) is 4.90 Å². The first-order chi connectivity index (χ1) is 10.1. The summed E-state index contributed by atoms with van der Waals surface area (Å²) in [7, 11) is 0. The molecule has 0 saturated carbocycles. The van der Waals surface area contributed by atoms with Gasteiger partial charge in [0.05, 0.1) is 0 Å². The molecule has 0 aliphatic carbocycles. The molecular weight excluding hydrogens is 262 g/mol. The third kappa shape index (κ3) is 3.85. The van der Waals surface area contributed by atoms with Gasteiger partial charge in [0.1, 0.15) is 11.6 Å². The Morgan fingerprint density at radius 3 is 2.62 bits per heavy atom. The molecule has 0 radical (unpaired) electrons. The van der Waals surface area contributed by atoms with Crippen LogP contribution >= 0.6 is 0 Å². The largest absolute Gasteiger partial charge is 0.376 e. The minimum absolute atomic E-state index is 0.162. The number of carbonyl (C=O) groups is 1. The van der Waals surface area contributed by atoms with Gasteiger partial charge in [-0.25, -0.2) is 0 Å². The standard InChI is InChI=1S/C17H21N3O/c1-13(2)15-7-3-4-8-16(15)19-17(21)14(11-18)12-20-9-5-6-10-20/h3-4,7-8,12-13H,5-6,9-10H2,1-2H3,(H,19,21)/b14-12-. The first kappa shape index (κ1) is 15.1. The molecule has 0 bridgehead atoms. The van der Waals surface area contributed by atoms with Crippen molar-refractivity contribution in [1.29, 1.82) is 5.26 Å². The van der Waals surface area contributed by atoms with Gasteiger partial charge in [-0.2, -0.15) is 5.26 Å². The number of rotatable bonds is 4. The molecule has 1 heterocycles. The highest BCUT2D eigenvalue weighted by Gasteiger charge is 2.15. The lowest BCUT2D eigenvalue weighted by Gasteiger charge is -2.15. The highest BCUT2D eigenvalue weighted by molar-refractivity contribution is 6.06. The second-order valence-electron chi connectivity index (χ2n) is 5.59. The molecule has 1 saturated heterocycles. The van der Waals surface area contributed by atoms with Crippen molar-refractivity contribution in [2.75, 3.05) is 18.4 Å². The summed E-state index contributed by atoms with van der Waals surface area (Å²) in [4.78, 5) is 14.3. The van der Waals surface area contributed by atoms with Crippen molar-refractivity contribution in [3.05, 3.63) is 41.6 Å². The number of hydrogen-bond acceptors (Lipinski definition) is 3. The van der Waals surface area contributed by atoms with Crippen LogP contribution in [0.3, 0.4) is 0 Å². The van der Waals surface area contributed by atoms with Gasteiger partial charge in [0.25, 0.3) is 5.91 Å². The Morgan fingerprint density at radius 2 is 2.00 bits per heavy atom. The molecule has 110 valence electrons. The van der Waals surface area contributed by atoms with Gasteiger partial charge in [0.2, 0.25) is 0 Å². The number of amides is 1. The molecule has 0 spiro atoms. The van der Waals surface area contributed by atoms with E-state index in [1.54, 1.807) is 6.20 Å². The Hall–Kier alpha value is -2.28. The van der Waals surface area contributed by atoms with E-state index in [0.717, 1.165) is 37.2 Å². The van der Waals surface area contributed by atoms with Gasteiger partial charge in [0.15, 0.2) is 0 Å². The Morgan fingerprint density at radius 1 is 1.33 bits per heavy atom. The number of nitrogens with one attached hydrogen (secondary N) is 1. The highest BCUT2D eigenvalue weighted by atomic mass is 16.1. The first-order valence-electron chi connectivity index (χ1n) is 7.38. The summed E-state index contributed by atoms with van der Waals surface area (Å²) >= 11 is 0.